The fourth-order valence-corrected chi connectivity index (χ4v) is 3.30. The van der Waals surface area contributed by atoms with Gasteiger partial charge in [0.05, 0.1) is 7.11 Å². The lowest BCUT2D eigenvalue weighted by Gasteiger charge is -2.16. The predicted molar refractivity (Wildman–Crippen MR) is 83.9 cm³/mol. The molecule has 4 nitrogen and oxygen atoms in total. The third kappa shape index (κ3) is 3.54. The molecule has 0 saturated heterocycles. The van der Waals surface area contributed by atoms with Gasteiger partial charge in [0.15, 0.2) is 0 Å². The maximum Gasteiger partial charge on any atom is 0.373 e. The Hall–Kier alpha value is -1.59. The monoisotopic (exact) mass is 307 g/mol. The minimum Gasteiger partial charge on any atom is -0.463 e. The van der Waals surface area contributed by atoms with E-state index in [1.54, 1.807) is 17.4 Å². The molecule has 0 amide bonds. The zero-order chi connectivity index (χ0) is 15.2. The Morgan fingerprint density at radius 3 is 2.86 bits per heavy atom. The van der Waals surface area contributed by atoms with Gasteiger partial charge in [-0.15, -0.1) is 11.3 Å². The Morgan fingerprint density at radius 1 is 1.38 bits per heavy atom. The number of carbonyl (C=O) groups is 1. The summed E-state index contributed by atoms with van der Waals surface area (Å²) in [6.07, 6.45) is 2.02. The van der Waals surface area contributed by atoms with Crippen LogP contribution in [0, 0.1) is 0 Å². The number of carbonyl (C=O) groups excluding carboxylic acids is 1. The maximum atomic E-state index is 11.5. The molecule has 5 heteroatoms. The normalized spacial score (nSPS) is 12.3. The third-order valence-corrected chi connectivity index (χ3v) is 4.34. The Labute approximate surface area is 129 Å². The van der Waals surface area contributed by atoms with E-state index in [0.717, 1.165) is 25.1 Å². The molecule has 2 aromatic heterocycles. The molecule has 0 radical (unpaired) electrons. The number of rotatable bonds is 7. The summed E-state index contributed by atoms with van der Waals surface area (Å²) in [5, 5.41) is 5.59. The zero-order valence-corrected chi connectivity index (χ0v) is 13.5. The molecule has 0 aliphatic rings. The lowest BCUT2D eigenvalue weighted by atomic mass is 10.1. The van der Waals surface area contributed by atoms with Gasteiger partial charge in [0.1, 0.15) is 11.8 Å². The van der Waals surface area contributed by atoms with Crippen LogP contribution in [0.4, 0.5) is 0 Å². The molecular formula is C16H21NO3S. The van der Waals surface area contributed by atoms with E-state index in [9.17, 15) is 4.79 Å². The van der Waals surface area contributed by atoms with Crippen LogP contribution in [0.2, 0.25) is 0 Å². The van der Waals surface area contributed by atoms with Gasteiger partial charge in [0.2, 0.25) is 5.76 Å². The van der Waals surface area contributed by atoms with Gasteiger partial charge < -0.3 is 14.5 Å². The van der Waals surface area contributed by atoms with Gasteiger partial charge in [0, 0.05) is 4.88 Å². The molecule has 114 valence electrons. The highest BCUT2D eigenvalue weighted by atomic mass is 32.1. The standard InChI is InChI=1S/C16H21NO3S/c1-4-9-17-14(15-11(5-2)8-10-21-15)12-6-7-13(20-12)16(18)19-3/h6-8,10,14,17H,4-5,9H2,1-3H3. The SMILES string of the molecule is CCCNC(c1ccc(C(=O)OC)o1)c1sccc1CC. The van der Waals surface area contributed by atoms with Gasteiger partial charge in [0.25, 0.3) is 0 Å². The van der Waals surface area contributed by atoms with Crippen molar-refractivity contribution in [3.8, 4) is 0 Å². The van der Waals surface area contributed by atoms with Gasteiger partial charge in [-0.2, -0.15) is 0 Å². The number of thiophene rings is 1. The van der Waals surface area contributed by atoms with Crippen molar-refractivity contribution in [2.45, 2.75) is 32.7 Å². The first-order valence-electron chi connectivity index (χ1n) is 7.18. The van der Waals surface area contributed by atoms with Crippen molar-refractivity contribution in [3.63, 3.8) is 0 Å². The van der Waals surface area contributed by atoms with Crippen molar-refractivity contribution >= 4 is 17.3 Å². The van der Waals surface area contributed by atoms with Crippen LogP contribution < -0.4 is 5.32 Å². The molecule has 0 aliphatic carbocycles. The second-order valence-corrected chi connectivity index (χ2v) is 5.69. The highest BCUT2D eigenvalue weighted by molar-refractivity contribution is 7.10. The summed E-state index contributed by atoms with van der Waals surface area (Å²) >= 11 is 1.71. The minimum atomic E-state index is -0.447. The molecule has 0 aliphatic heterocycles. The summed E-state index contributed by atoms with van der Waals surface area (Å²) in [5.41, 5.74) is 1.31. The summed E-state index contributed by atoms with van der Waals surface area (Å²) in [4.78, 5) is 12.8. The summed E-state index contributed by atoms with van der Waals surface area (Å²) in [6.45, 7) is 5.16. The van der Waals surface area contributed by atoms with E-state index in [4.69, 9.17) is 9.15 Å². The molecule has 1 unspecified atom stereocenters. The molecule has 0 bridgehead atoms. The average Bonchev–Trinajstić information content (AvgIpc) is 3.16. The highest BCUT2D eigenvalue weighted by Gasteiger charge is 2.22. The molecule has 2 aromatic rings. The van der Waals surface area contributed by atoms with E-state index in [1.165, 1.54) is 17.6 Å². The summed E-state index contributed by atoms with van der Waals surface area (Å²) in [6, 6.07) is 5.64. The van der Waals surface area contributed by atoms with E-state index < -0.39 is 5.97 Å². The number of ether oxygens (including phenoxy) is 1. The summed E-state index contributed by atoms with van der Waals surface area (Å²) in [5.74, 6) is 0.545. The number of esters is 1. The lowest BCUT2D eigenvalue weighted by Crippen LogP contribution is -2.22. The Bertz CT molecular complexity index is 588. The summed E-state index contributed by atoms with van der Waals surface area (Å²) in [7, 11) is 1.35. The van der Waals surface area contributed by atoms with E-state index in [2.05, 4.69) is 30.6 Å². The van der Waals surface area contributed by atoms with E-state index in [0.29, 0.717) is 0 Å². The minimum absolute atomic E-state index is 0.0155. The first-order chi connectivity index (χ1) is 10.2. The second-order valence-electron chi connectivity index (χ2n) is 4.74. The largest absolute Gasteiger partial charge is 0.463 e. The Morgan fingerprint density at radius 2 is 2.19 bits per heavy atom. The van der Waals surface area contributed by atoms with Crippen LogP contribution in [0.5, 0.6) is 0 Å². The molecule has 1 N–H and O–H groups in total. The Kier molecular flexibility index (Phi) is 5.59. The lowest BCUT2D eigenvalue weighted by molar-refractivity contribution is 0.0562. The maximum absolute atomic E-state index is 11.5. The van der Waals surface area contributed by atoms with Crippen LogP contribution in [0.15, 0.2) is 28.0 Å². The fourth-order valence-electron chi connectivity index (χ4n) is 2.22. The number of hydrogen-bond acceptors (Lipinski definition) is 5. The van der Waals surface area contributed by atoms with Gasteiger partial charge in [-0.25, -0.2) is 4.79 Å². The molecule has 0 saturated carbocycles. The van der Waals surface area contributed by atoms with Crippen LogP contribution in [0.3, 0.4) is 0 Å². The quantitative estimate of drug-likeness (QED) is 0.791. The Balaban J connectivity index is 2.31. The van der Waals surface area contributed by atoms with E-state index in [1.807, 2.05) is 6.07 Å². The van der Waals surface area contributed by atoms with Gasteiger partial charge in [-0.05, 0) is 48.5 Å². The molecule has 1 atom stereocenters. The second kappa shape index (κ2) is 7.43. The topological polar surface area (TPSA) is 51.5 Å². The number of methoxy groups -OCH3 is 1. The molecule has 0 fully saturated rings. The first-order valence-corrected chi connectivity index (χ1v) is 8.06. The van der Waals surface area contributed by atoms with Gasteiger partial charge in [-0.1, -0.05) is 13.8 Å². The molecule has 2 heterocycles. The molecule has 0 spiro atoms. The molecule has 21 heavy (non-hydrogen) atoms. The first kappa shape index (κ1) is 15.8. The van der Waals surface area contributed by atoms with Crippen LogP contribution in [-0.4, -0.2) is 19.6 Å². The molecule has 0 aromatic carbocycles. The van der Waals surface area contributed by atoms with Crippen LogP contribution in [0.25, 0.3) is 0 Å². The number of furan rings is 1. The van der Waals surface area contributed by atoms with Crippen molar-refractivity contribution in [2.24, 2.45) is 0 Å². The zero-order valence-electron chi connectivity index (χ0n) is 12.6. The van der Waals surface area contributed by atoms with Crippen molar-refractivity contribution in [2.75, 3.05) is 13.7 Å². The number of nitrogens with one attached hydrogen (secondary N) is 1. The molecular weight excluding hydrogens is 286 g/mol. The molecule has 2 rings (SSSR count). The average molecular weight is 307 g/mol. The highest BCUT2D eigenvalue weighted by Crippen LogP contribution is 2.31. The van der Waals surface area contributed by atoms with Crippen molar-refractivity contribution in [3.05, 3.63) is 45.5 Å². The van der Waals surface area contributed by atoms with Crippen LogP contribution in [-0.2, 0) is 11.2 Å². The summed E-state index contributed by atoms with van der Waals surface area (Å²) < 4.78 is 10.4. The predicted octanol–water partition coefficient (Wildman–Crippen LogP) is 3.78. The van der Waals surface area contributed by atoms with Crippen molar-refractivity contribution in [1.82, 2.24) is 5.32 Å². The fraction of sp³-hybridized carbons (Fsp3) is 0.438. The van der Waals surface area contributed by atoms with E-state index in [-0.39, 0.29) is 11.8 Å². The van der Waals surface area contributed by atoms with E-state index >= 15 is 0 Å². The van der Waals surface area contributed by atoms with Gasteiger partial charge >= 0.3 is 5.97 Å². The number of aryl methyl sites for hydroxylation is 1. The van der Waals surface area contributed by atoms with Crippen LogP contribution >= 0.6 is 11.3 Å². The van der Waals surface area contributed by atoms with Crippen molar-refractivity contribution < 1.29 is 13.9 Å². The van der Waals surface area contributed by atoms with Crippen LogP contribution in [0.1, 0.15) is 53.1 Å². The van der Waals surface area contributed by atoms with Gasteiger partial charge in [-0.3, -0.25) is 0 Å². The smallest absolute Gasteiger partial charge is 0.373 e. The van der Waals surface area contributed by atoms with Crippen molar-refractivity contribution in [1.29, 1.82) is 0 Å². The third-order valence-electron chi connectivity index (χ3n) is 3.32. The number of hydrogen-bond donors (Lipinski definition) is 1.